The van der Waals surface area contributed by atoms with E-state index in [4.69, 9.17) is 0 Å². The van der Waals surface area contributed by atoms with Gasteiger partial charge in [0.25, 0.3) is 0 Å². The van der Waals surface area contributed by atoms with Crippen LogP contribution in [0.25, 0.3) is 49.0 Å². The number of aromatic nitrogens is 2. The predicted octanol–water partition coefficient (Wildman–Crippen LogP) is 7.25. The second-order valence-corrected chi connectivity index (χ2v) is 9.88. The van der Waals surface area contributed by atoms with Gasteiger partial charge in [0.2, 0.25) is 5.52 Å². The molecule has 0 fully saturated rings. The van der Waals surface area contributed by atoms with Crippen molar-refractivity contribution in [1.82, 2.24) is 4.40 Å². The van der Waals surface area contributed by atoms with E-state index in [0.717, 1.165) is 49.2 Å². The fraction of sp³-hybridized carbons (Fsp3) is 0.250. The van der Waals surface area contributed by atoms with Crippen molar-refractivity contribution in [2.45, 2.75) is 33.4 Å². The minimum absolute atomic E-state index is 0.0754. The zero-order valence-corrected chi connectivity index (χ0v) is 19.0. The summed E-state index contributed by atoms with van der Waals surface area (Å²) < 4.78 is 46.1. The van der Waals surface area contributed by atoms with Crippen LogP contribution in [0.4, 0.5) is 13.2 Å². The second kappa shape index (κ2) is 6.37. The van der Waals surface area contributed by atoms with Crippen molar-refractivity contribution in [2.24, 2.45) is 12.5 Å². The Bertz CT molecular complexity index is 1720. The van der Waals surface area contributed by atoms with Crippen LogP contribution in [0.5, 0.6) is 0 Å². The minimum Gasteiger partial charge on any atom is -0.307 e. The third-order valence-electron chi connectivity index (χ3n) is 7.25. The van der Waals surface area contributed by atoms with Crippen molar-refractivity contribution in [3.8, 4) is 0 Å². The van der Waals surface area contributed by atoms with E-state index in [1.54, 1.807) is 0 Å². The maximum atomic E-state index is 13.9. The van der Waals surface area contributed by atoms with Crippen molar-refractivity contribution in [3.63, 3.8) is 0 Å². The summed E-state index contributed by atoms with van der Waals surface area (Å²) in [4.78, 5) is 0. The highest BCUT2D eigenvalue weighted by atomic mass is 19.4. The van der Waals surface area contributed by atoms with E-state index >= 15 is 0 Å². The van der Waals surface area contributed by atoms with E-state index in [0.29, 0.717) is 0 Å². The zero-order chi connectivity index (χ0) is 23.3. The Morgan fingerprint density at radius 2 is 1.61 bits per heavy atom. The topological polar surface area (TPSA) is 8.29 Å². The van der Waals surface area contributed by atoms with Crippen LogP contribution in [-0.4, -0.2) is 10.6 Å². The SMILES string of the molecule is Cc1cccc2c1c1c3c(cc[n+]1C)cc(CC(C)(C)C(F)(F)F)c1c4ccccc4n2c13. The normalized spacial score (nSPS) is 13.4. The van der Waals surface area contributed by atoms with Crippen LogP contribution in [0.2, 0.25) is 0 Å². The highest BCUT2D eigenvalue weighted by molar-refractivity contribution is 6.28. The molecule has 2 nitrogen and oxygen atoms in total. The number of benzene rings is 3. The lowest BCUT2D eigenvalue weighted by Crippen LogP contribution is -2.34. The maximum Gasteiger partial charge on any atom is 0.394 e. The zero-order valence-electron chi connectivity index (χ0n) is 19.0. The lowest BCUT2D eigenvalue weighted by molar-refractivity contribution is -0.643. The van der Waals surface area contributed by atoms with Crippen LogP contribution in [-0.2, 0) is 13.5 Å². The lowest BCUT2D eigenvalue weighted by Gasteiger charge is -2.28. The fourth-order valence-corrected chi connectivity index (χ4v) is 5.51. The Balaban J connectivity index is 1.92. The minimum atomic E-state index is -4.29. The molecular weight excluding hydrogens is 421 g/mol. The molecule has 3 aromatic carbocycles. The molecule has 6 aromatic rings. The van der Waals surface area contributed by atoms with Gasteiger partial charge in [0.15, 0.2) is 6.20 Å². The molecule has 0 aliphatic rings. The first kappa shape index (κ1) is 20.3. The van der Waals surface area contributed by atoms with Gasteiger partial charge in [0, 0.05) is 16.8 Å². The van der Waals surface area contributed by atoms with Gasteiger partial charge >= 0.3 is 6.18 Å². The second-order valence-electron chi connectivity index (χ2n) is 9.88. The molecule has 0 spiro atoms. The largest absolute Gasteiger partial charge is 0.394 e. The molecule has 0 N–H and O–H groups in total. The standard InChI is InChI=1S/C28H24F3N2/c1-16-8-7-11-21-22(16)25-24-17(12-13-32(25)4)14-18(15-27(2,3)28(29,30)31)23-19-9-5-6-10-20(19)33(21)26(23)24/h5-14H,15H2,1-4H3/q+1. The van der Waals surface area contributed by atoms with Gasteiger partial charge in [-0.15, -0.1) is 0 Å². The fourth-order valence-electron chi connectivity index (χ4n) is 5.51. The molecule has 3 heterocycles. The van der Waals surface area contributed by atoms with Crippen molar-refractivity contribution >= 4 is 49.0 Å². The molecule has 0 bridgehead atoms. The van der Waals surface area contributed by atoms with Crippen LogP contribution in [0.15, 0.2) is 60.8 Å². The summed E-state index contributed by atoms with van der Waals surface area (Å²) in [6, 6.07) is 18.4. The smallest absolute Gasteiger partial charge is 0.307 e. The molecule has 5 heteroatoms. The maximum absolute atomic E-state index is 13.9. The summed E-state index contributed by atoms with van der Waals surface area (Å²) in [5, 5.41) is 5.16. The third kappa shape index (κ3) is 2.59. The Kier molecular flexibility index (Phi) is 3.92. The summed E-state index contributed by atoms with van der Waals surface area (Å²) in [5.41, 5.74) is 4.30. The van der Waals surface area contributed by atoms with Gasteiger partial charge in [-0.05, 0) is 48.1 Å². The van der Waals surface area contributed by atoms with Crippen molar-refractivity contribution in [1.29, 1.82) is 0 Å². The van der Waals surface area contributed by atoms with E-state index < -0.39 is 11.6 Å². The van der Waals surface area contributed by atoms with Gasteiger partial charge in [-0.2, -0.15) is 13.2 Å². The van der Waals surface area contributed by atoms with Crippen LogP contribution in [0.1, 0.15) is 25.0 Å². The molecule has 0 radical (unpaired) electrons. The number of rotatable bonds is 2. The Hall–Kier alpha value is -3.34. The summed E-state index contributed by atoms with van der Waals surface area (Å²) in [6.45, 7) is 4.71. The number of hydrogen-bond donors (Lipinski definition) is 0. The molecule has 6 rings (SSSR count). The number of pyridine rings is 2. The summed E-state index contributed by atoms with van der Waals surface area (Å²) in [7, 11) is 2.04. The highest BCUT2D eigenvalue weighted by Crippen LogP contribution is 2.46. The Labute approximate surface area is 189 Å². The van der Waals surface area contributed by atoms with E-state index in [1.165, 1.54) is 24.8 Å². The average molecular weight is 446 g/mol. The van der Waals surface area contributed by atoms with Crippen LogP contribution >= 0.6 is 0 Å². The number of para-hydroxylation sites is 1. The van der Waals surface area contributed by atoms with Gasteiger partial charge in [-0.3, -0.25) is 0 Å². The molecule has 3 aromatic heterocycles. The molecular formula is C28H24F3N2+. The number of halogens is 3. The van der Waals surface area contributed by atoms with Crippen LogP contribution < -0.4 is 4.57 Å². The molecule has 0 aliphatic heterocycles. The van der Waals surface area contributed by atoms with Gasteiger partial charge in [0.1, 0.15) is 7.05 Å². The van der Waals surface area contributed by atoms with Gasteiger partial charge in [0.05, 0.1) is 32.7 Å². The van der Waals surface area contributed by atoms with Crippen LogP contribution in [0, 0.1) is 12.3 Å². The summed E-state index contributed by atoms with van der Waals surface area (Å²) >= 11 is 0. The first-order valence-corrected chi connectivity index (χ1v) is 11.1. The molecule has 33 heavy (non-hydrogen) atoms. The Morgan fingerprint density at radius 1 is 0.879 bits per heavy atom. The van der Waals surface area contributed by atoms with Gasteiger partial charge in [-0.25, -0.2) is 4.57 Å². The Morgan fingerprint density at radius 3 is 2.36 bits per heavy atom. The monoisotopic (exact) mass is 445 g/mol. The first-order chi connectivity index (χ1) is 15.6. The third-order valence-corrected chi connectivity index (χ3v) is 7.25. The molecule has 0 saturated heterocycles. The average Bonchev–Trinajstić information content (AvgIpc) is 3.10. The number of fused-ring (bicyclic) bond motifs is 6. The van der Waals surface area contributed by atoms with Crippen molar-refractivity contribution in [3.05, 3.63) is 71.9 Å². The number of alkyl halides is 3. The highest BCUT2D eigenvalue weighted by Gasteiger charge is 2.47. The van der Waals surface area contributed by atoms with Gasteiger partial charge in [-0.1, -0.05) is 44.2 Å². The molecule has 0 atom stereocenters. The summed E-state index contributed by atoms with van der Waals surface area (Å²) in [5.74, 6) is 0. The number of aryl methyl sites for hydroxylation is 2. The molecule has 0 amide bonds. The first-order valence-electron chi connectivity index (χ1n) is 11.1. The van der Waals surface area contributed by atoms with Crippen molar-refractivity contribution in [2.75, 3.05) is 0 Å². The number of hydrogen-bond acceptors (Lipinski definition) is 0. The van der Waals surface area contributed by atoms with Crippen molar-refractivity contribution < 1.29 is 17.7 Å². The van der Waals surface area contributed by atoms with E-state index in [-0.39, 0.29) is 6.42 Å². The number of nitrogens with zero attached hydrogens (tertiary/aromatic N) is 2. The van der Waals surface area contributed by atoms with E-state index in [1.807, 2.05) is 43.6 Å². The molecule has 166 valence electrons. The van der Waals surface area contributed by atoms with Crippen LogP contribution in [0.3, 0.4) is 0 Å². The van der Waals surface area contributed by atoms with E-state index in [2.05, 4.69) is 40.2 Å². The predicted molar refractivity (Wildman–Crippen MR) is 128 cm³/mol. The molecule has 0 saturated carbocycles. The summed E-state index contributed by atoms with van der Waals surface area (Å²) in [6.07, 6.45) is -2.35. The molecule has 0 aliphatic carbocycles. The molecule has 0 unspecified atom stereocenters. The van der Waals surface area contributed by atoms with E-state index in [9.17, 15) is 13.2 Å². The van der Waals surface area contributed by atoms with Gasteiger partial charge < -0.3 is 4.40 Å². The lowest BCUT2D eigenvalue weighted by atomic mass is 9.82. The quantitative estimate of drug-likeness (QED) is 0.151.